The number of para-hydroxylation sites is 1. The van der Waals surface area contributed by atoms with Gasteiger partial charge in [0.25, 0.3) is 0 Å². The van der Waals surface area contributed by atoms with Gasteiger partial charge in [-0.2, -0.15) is 0 Å². The summed E-state index contributed by atoms with van der Waals surface area (Å²) in [7, 11) is 0. The molecule has 1 atom stereocenters. The maximum atomic E-state index is 5.85. The minimum atomic E-state index is -0.303. The molecule has 0 saturated heterocycles. The average molecular weight is 205 g/mol. The molecule has 0 aliphatic carbocycles. The Hall–Kier alpha value is -1.02. The maximum absolute atomic E-state index is 5.85. The molecule has 1 radical (unpaired) electrons. The molecule has 1 unspecified atom stereocenters. The number of rotatable bonds is 2. The fourth-order valence-electron chi connectivity index (χ4n) is 1.93. The summed E-state index contributed by atoms with van der Waals surface area (Å²) in [6, 6.07) is 8.04. The van der Waals surface area contributed by atoms with Crippen molar-refractivity contribution in [3.05, 3.63) is 36.2 Å². The van der Waals surface area contributed by atoms with E-state index in [-0.39, 0.29) is 11.7 Å². The molecular weight excluding hydrogens is 188 g/mol. The zero-order chi connectivity index (χ0) is 10.9. The maximum Gasteiger partial charge on any atom is 0.123 e. The van der Waals surface area contributed by atoms with E-state index in [0.717, 1.165) is 11.3 Å². The Morgan fingerprint density at radius 2 is 2.07 bits per heavy atom. The second-order valence-corrected chi connectivity index (χ2v) is 4.45. The summed E-state index contributed by atoms with van der Waals surface area (Å²) >= 11 is 0. The molecule has 1 aliphatic rings. The van der Waals surface area contributed by atoms with E-state index in [9.17, 15) is 0 Å². The summed E-state index contributed by atoms with van der Waals surface area (Å²) in [6.45, 7) is 6.73. The highest BCUT2D eigenvalue weighted by Crippen LogP contribution is 2.33. The minimum Gasteiger partial charge on any atom is -0.490 e. The van der Waals surface area contributed by atoms with E-state index in [2.05, 4.69) is 19.4 Å². The lowest BCUT2D eigenvalue weighted by Gasteiger charge is -2.35. The van der Waals surface area contributed by atoms with Gasteiger partial charge < -0.3 is 9.47 Å². The van der Waals surface area contributed by atoms with Gasteiger partial charge in [0, 0.05) is 12.0 Å². The zero-order valence-electron chi connectivity index (χ0n) is 9.49. The predicted octanol–water partition coefficient (Wildman–Crippen LogP) is 2.82. The molecule has 2 rings (SSSR count). The first-order chi connectivity index (χ1) is 7.09. The monoisotopic (exact) mass is 205 g/mol. The molecule has 0 amide bonds. The average Bonchev–Trinajstić information content (AvgIpc) is 2.15. The second kappa shape index (κ2) is 3.86. The van der Waals surface area contributed by atoms with E-state index in [4.69, 9.17) is 9.47 Å². The predicted molar refractivity (Wildman–Crippen MR) is 60.0 cm³/mol. The Balaban J connectivity index is 2.17. The van der Waals surface area contributed by atoms with E-state index in [0.29, 0.717) is 6.61 Å². The second-order valence-electron chi connectivity index (χ2n) is 4.45. The SMILES string of the molecule is CC(C)OC1(C)[CH]c2ccccc2OC1. The Morgan fingerprint density at radius 3 is 2.80 bits per heavy atom. The lowest BCUT2D eigenvalue weighted by atomic mass is 9.94. The normalized spacial score (nSPS) is 24.8. The number of ether oxygens (including phenoxy) is 2. The summed E-state index contributed by atoms with van der Waals surface area (Å²) in [6.07, 6.45) is 2.35. The molecular formula is C13H17O2. The number of hydrogen-bond donors (Lipinski definition) is 0. The number of hydrogen-bond acceptors (Lipinski definition) is 2. The highest BCUT2D eigenvalue weighted by molar-refractivity contribution is 5.42. The van der Waals surface area contributed by atoms with Crippen LogP contribution in [0.4, 0.5) is 0 Å². The first-order valence-corrected chi connectivity index (χ1v) is 5.35. The van der Waals surface area contributed by atoms with Crippen molar-refractivity contribution in [2.24, 2.45) is 0 Å². The molecule has 0 spiro atoms. The number of benzene rings is 1. The van der Waals surface area contributed by atoms with Crippen LogP contribution >= 0.6 is 0 Å². The van der Waals surface area contributed by atoms with Gasteiger partial charge in [-0.25, -0.2) is 0 Å². The molecule has 0 saturated carbocycles. The minimum absolute atomic E-state index is 0.208. The topological polar surface area (TPSA) is 18.5 Å². The van der Waals surface area contributed by atoms with Crippen LogP contribution in [0.15, 0.2) is 24.3 Å². The van der Waals surface area contributed by atoms with Crippen LogP contribution in [-0.2, 0) is 4.74 Å². The lowest BCUT2D eigenvalue weighted by Crippen LogP contribution is -2.41. The molecule has 2 heteroatoms. The van der Waals surface area contributed by atoms with Crippen LogP contribution in [0.25, 0.3) is 0 Å². The van der Waals surface area contributed by atoms with E-state index >= 15 is 0 Å². The van der Waals surface area contributed by atoms with E-state index < -0.39 is 0 Å². The zero-order valence-corrected chi connectivity index (χ0v) is 9.49. The van der Waals surface area contributed by atoms with Gasteiger partial charge in [-0.05, 0) is 26.8 Å². The fourth-order valence-corrected chi connectivity index (χ4v) is 1.93. The standard InChI is InChI=1S/C13H17O2/c1-10(2)15-13(3)8-11-6-4-5-7-12(11)14-9-13/h4-8,10H,9H2,1-3H3. The summed E-state index contributed by atoms with van der Waals surface area (Å²) in [5, 5.41) is 0. The summed E-state index contributed by atoms with van der Waals surface area (Å²) < 4.78 is 11.5. The van der Waals surface area contributed by atoms with Gasteiger partial charge >= 0.3 is 0 Å². The van der Waals surface area contributed by atoms with Crippen molar-refractivity contribution in [1.82, 2.24) is 0 Å². The largest absolute Gasteiger partial charge is 0.490 e. The van der Waals surface area contributed by atoms with E-state index in [1.165, 1.54) is 0 Å². The van der Waals surface area contributed by atoms with Crippen molar-refractivity contribution in [3.8, 4) is 5.75 Å². The third kappa shape index (κ3) is 2.32. The Morgan fingerprint density at radius 1 is 1.33 bits per heavy atom. The van der Waals surface area contributed by atoms with Gasteiger partial charge in [0.05, 0.1) is 6.10 Å². The van der Waals surface area contributed by atoms with Crippen LogP contribution in [-0.4, -0.2) is 18.3 Å². The quantitative estimate of drug-likeness (QED) is 0.739. The van der Waals surface area contributed by atoms with Crippen LogP contribution in [0, 0.1) is 6.42 Å². The fraction of sp³-hybridized carbons (Fsp3) is 0.462. The Bertz CT molecular complexity index is 346. The van der Waals surface area contributed by atoms with Gasteiger partial charge in [0.15, 0.2) is 0 Å². The molecule has 0 bridgehead atoms. The van der Waals surface area contributed by atoms with Crippen LogP contribution in [0.3, 0.4) is 0 Å². The summed E-state index contributed by atoms with van der Waals surface area (Å²) in [4.78, 5) is 0. The van der Waals surface area contributed by atoms with Gasteiger partial charge in [-0.3, -0.25) is 0 Å². The van der Waals surface area contributed by atoms with Crippen molar-refractivity contribution in [2.75, 3.05) is 6.61 Å². The molecule has 1 heterocycles. The number of fused-ring (bicyclic) bond motifs is 1. The van der Waals surface area contributed by atoms with Crippen LogP contribution in [0.2, 0.25) is 0 Å². The van der Waals surface area contributed by atoms with E-state index in [1.807, 2.05) is 32.0 Å². The third-order valence-corrected chi connectivity index (χ3v) is 2.40. The molecule has 1 aromatic rings. The highest BCUT2D eigenvalue weighted by atomic mass is 16.6. The summed E-state index contributed by atoms with van der Waals surface area (Å²) in [5.41, 5.74) is 0.814. The molecule has 0 fully saturated rings. The van der Waals surface area contributed by atoms with Crippen molar-refractivity contribution in [3.63, 3.8) is 0 Å². The van der Waals surface area contributed by atoms with Gasteiger partial charge in [-0.1, -0.05) is 18.2 Å². The molecule has 0 N–H and O–H groups in total. The van der Waals surface area contributed by atoms with Crippen molar-refractivity contribution >= 4 is 0 Å². The van der Waals surface area contributed by atoms with Crippen molar-refractivity contribution in [1.29, 1.82) is 0 Å². The van der Waals surface area contributed by atoms with Crippen molar-refractivity contribution in [2.45, 2.75) is 32.5 Å². The smallest absolute Gasteiger partial charge is 0.123 e. The van der Waals surface area contributed by atoms with Gasteiger partial charge in [0.2, 0.25) is 0 Å². The van der Waals surface area contributed by atoms with Crippen molar-refractivity contribution < 1.29 is 9.47 Å². The molecule has 1 aromatic carbocycles. The first-order valence-electron chi connectivity index (χ1n) is 5.35. The highest BCUT2D eigenvalue weighted by Gasteiger charge is 2.33. The molecule has 0 aromatic heterocycles. The van der Waals surface area contributed by atoms with Gasteiger partial charge in [0.1, 0.15) is 18.0 Å². The Kier molecular flexibility index (Phi) is 2.70. The third-order valence-electron chi connectivity index (χ3n) is 2.40. The molecule has 15 heavy (non-hydrogen) atoms. The lowest BCUT2D eigenvalue weighted by molar-refractivity contribution is -0.0730. The van der Waals surface area contributed by atoms with Crippen LogP contribution in [0.1, 0.15) is 26.3 Å². The first kappa shape index (κ1) is 10.5. The molecule has 81 valence electrons. The van der Waals surface area contributed by atoms with Crippen LogP contribution in [0.5, 0.6) is 5.75 Å². The van der Waals surface area contributed by atoms with E-state index in [1.54, 1.807) is 0 Å². The van der Waals surface area contributed by atoms with Gasteiger partial charge in [-0.15, -0.1) is 0 Å². The summed E-state index contributed by atoms with van der Waals surface area (Å²) in [5.74, 6) is 0.947. The molecule has 1 aliphatic heterocycles. The molecule has 2 nitrogen and oxygen atoms in total. The van der Waals surface area contributed by atoms with Crippen LogP contribution < -0.4 is 4.74 Å². The Labute approximate surface area is 91.2 Å².